The number of halogens is 1. The highest BCUT2D eigenvalue weighted by Gasteiger charge is 2.26. The number of phenols is 1. The van der Waals surface area contributed by atoms with Gasteiger partial charge in [-0.1, -0.05) is 50.7 Å². The fraction of sp³-hybridized carbons (Fsp3) is 0.700. The maximum atomic E-state index is 9.57. The van der Waals surface area contributed by atoms with Gasteiger partial charge in [0.15, 0.2) is 0 Å². The molecule has 23 heavy (non-hydrogen) atoms. The van der Waals surface area contributed by atoms with Crippen molar-refractivity contribution >= 4 is 12.4 Å². The molecule has 0 heterocycles. The van der Waals surface area contributed by atoms with Crippen molar-refractivity contribution in [2.45, 2.75) is 76.2 Å². The van der Waals surface area contributed by atoms with Crippen LogP contribution in [0.5, 0.6) is 5.75 Å². The van der Waals surface area contributed by atoms with Gasteiger partial charge in [0.25, 0.3) is 0 Å². The van der Waals surface area contributed by atoms with Crippen molar-refractivity contribution in [3.63, 3.8) is 0 Å². The normalized spacial score (nSPS) is 21.6. The van der Waals surface area contributed by atoms with E-state index >= 15 is 0 Å². The van der Waals surface area contributed by atoms with Crippen LogP contribution in [0.3, 0.4) is 0 Å². The van der Waals surface area contributed by atoms with Crippen LogP contribution in [0.2, 0.25) is 0 Å². The highest BCUT2D eigenvalue weighted by molar-refractivity contribution is 5.85. The minimum absolute atomic E-state index is 0. The molecule has 3 rings (SSSR count). The first-order chi connectivity index (χ1) is 10.8. The van der Waals surface area contributed by atoms with Gasteiger partial charge in [-0.3, -0.25) is 0 Å². The Bertz CT molecular complexity index is 435. The monoisotopic (exact) mass is 337 g/mol. The molecule has 2 N–H and O–H groups in total. The molecule has 3 heteroatoms. The molecule has 1 aromatic rings. The SMILES string of the molecule is Cl.Oc1ccc(C(CNC2CCCCC2)C2CCCCC2)cc1. The standard InChI is InChI=1S/C20H31NO.ClH/c22-19-13-11-17(12-14-19)20(16-7-3-1-4-8-16)15-21-18-9-5-2-6-10-18;/h11-14,16,18,20-22H,1-10,15H2;1H. The predicted octanol–water partition coefficient (Wildman–Crippen LogP) is 5.40. The van der Waals surface area contributed by atoms with E-state index in [0.29, 0.717) is 11.7 Å². The van der Waals surface area contributed by atoms with Gasteiger partial charge >= 0.3 is 0 Å². The topological polar surface area (TPSA) is 32.3 Å². The second kappa shape index (κ2) is 9.54. The maximum absolute atomic E-state index is 9.57. The Balaban J connectivity index is 0.00000192. The third-order valence-electron chi connectivity index (χ3n) is 5.77. The number of benzene rings is 1. The summed E-state index contributed by atoms with van der Waals surface area (Å²) in [6.07, 6.45) is 13.9. The van der Waals surface area contributed by atoms with E-state index in [4.69, 9.17) is 0 Å². The van der Waals surface area contributed by atoms with Crippen molar-refractivity contribution in [1.82, 2.24) is 5.32 Å². The lowest BCUT2D eigenvalue weighted by molar-refractivity contribution is 0.279. The summed E-state index contributed by atoms with van der Waals surface area (Å²) in [6, 6.07) is 8.71. The van der Waals surface area contributed by atoms with Gasteiger partial charge in [0.05, 0.1) is 0 Å². The molecule has 2 aliphatic rings. The second-order valence-electron chi connectivity index (χ2n) is 7.34. The maximum Gasteiger partial charge on any atom is 0.115 e. The van der Waals surface area contributed by atoms with Crippen LogP contribution in [0, 0.1) is 5.92 Å². The summed E-state index contributed by atoms with van der Waals surface area (Å²) in [5.41, 5.74) is 1.41. The Kier molecular flexibility index (Phi) is 7.72. The first kappa shape index (κ1) is 18.6. The van der Waals surface area contributed by atoms with Crippen molar-refractivity contribution in [2.75, 3.05) is 6.54 Å². The summed E-state index contributed by atoms with van der Waals surface area (Å²) < 4.78 is 0. The second-order valence-corrected chi connectivity index (χ2v) is 7.34. The van der Waals surface area contributed by atoms with Gasteiger partial charge in [0.2, 0.25) is 0 Å². The largest absolute Gasteiger partial charge is 0.508 e. The van der Waals surface area contributed by atoms with Gasteiger partial charge in [-0.15, -0.1) is 12.4 Å². The van der Waals surface area contributed by atoms with Crippen molar-refractivity contribution in [2.24, 2.45) is 5.92 Å². The third kappa shape index (κ3) is 5.39. The number of aromatic hydroxyl groups is 1. The van der Waals surface area contributed by atoms with Crippen LogP contribution in [-0.4, -0.2) is 17.7 Å². The Hall–Kier alpha value is -0.730. The zero-order valence-electron chi connectivity index (χ0n) is 14.2. The Labute approximate surface area is 147 Å². The lowest BCUT2D eigenvalue weighted by Gasteiger charge is -2.33. The van der Waals surface area contributed by atoms with E-state index in [9.17, 15) is 5.11 Å². The highest BCUT2D eigenvalue weighted by atomic mass is 35.5. The van der Waals surface area contributed by atoms with E-state index in [1.165, 1.54) is 69.8 Å². The predicted molar refractivity (Wildman–Crippen MR) is 99.5 cm³/mol. The van der Waals surface area contributed by atoms with Crippen LogP contribution in [-0.2, 0) is 0 Å². The summed E-state index contributed by atoms with van der Waals surface area (Å²) in [5, 5.41) is 13.4. The van der Waals surface area contributed by atoms with E-state index in [-0.39, 0.29) is 12.4 Å². The summed E-state index contributed by atoms with van der Waals surface area (Å²) in [4.78, 5) is 0. The van der Waals surface area contributed by atoms with Crippen molar-refractivity contribution in [3.05, 3.63) is 29.8 Å². The molecule has 2 fully saturated rings. The first-order valence-corrected chi connectivity index (χ1v) is 9.35. The Morgan fingerprint density at radius 3 is 2.04 bits per heavy atom. The highest BCUT2D eigenvalue weighted by Crippen LogP contribution is 2.36. The first-order valence-electron chi connectivity index (χ1n) is 9.35. The van der Waals surface area contributed by atoms with Crippen LogP contribution in [0.4, 0.5) is 0 Å². The zero-order valence-corrected chi connectivity index (χ0v) is 15.0. The Morgan fingerprint density at radius 2 is 1.43 bits per heavy atom. The average molecular weight is 338 g/mol. The van der Waals surface area contributed by atoms with E-state index in [1.807, 2.05) is 12.1 Å². The third-order valence-corrected chi connectivity index (χ3v) is 5.77. The molecule has 2 aliphatic carbocycles. The lowest BCUT2D eigenvalue weighted by Crippen LogP contribution is -2.36. The average Bonchev–Trinajstić information content (AvgIpc) is 2.58. The molecule has 0 radical (unpaired) electrons. The van der Waals surface area contributed by atoms with E-state index < -0.39 is 0 Å². The van der Waals surface area contributed by atoms with E-state index in [2.05, 4.69) is 17.4 Å². The summed E-state index contributed by atoms with van der Waals surface area (Å²) in [7, 11) is 0. The van der Waals surface area contributed by atoms with Crippen LogP contribution < -0.4 is 5.32 Å². The van der Waals surface area contributed by atoms with Gasteiger partial charge in [-0.25, -0.2) is 0 Å². The number of rotatable bonds is 5. The molecule has 2 nitrogen and oxygen atoms in total. The molecule has 0 saturated heterocycles. The molecule has 0 spiro atoms. The molecular formula is C20H32ClNO. The van der Waals surface area contributed by atoms with Gasteiger partial charge in [-0.05, 0) is 55.2 Å². The van der Waals surface area contributed by atoms with Crippen molar-refractivity contribution in [3.8, 4) is 5.75 Å². The molecule has 130 valence electrons. The lowest BCUT2D eigenvalue weighted by atomic mass is 9.76. The van der Waals surface area contributed by atoms with E-state index in [1.54, 1.807) is 0 Å². The summed E-state index contributed by atoms with van der Waals surface area (Å²) >= 11 is 0. The van der Waals surface area contributed by atoms with Gasteiger partial charge < -0.3 is 10.4 Å². The van der Waals surface area contributed by atoms with Crippen LogP contribution in [0.15, 0.2) is 24.3 Å². The van der Waals surface area contributed by atoms with Crippen LogP contribution in [0.25, 0.3) is 0 Å². The van der Waals surface area contributed by atoms with Gasteiger partial charge in [-0.2, -0.15) is 0 Å². The van der Waals surface area contributed by atoms with Crippen molar-refractivity contribution < 1.29 is 5.11 Å². The van der Waals surface area contributed by atoms with E-state index in [0.717, 1.165) is 18.5 Å². The Morgan fingerprint density at radius 1 is 0.870 bits per heavy atom. The number of nitrogens with one attached hydrogen (secondary N) is 1. The zero-order chi connectivity index (χ0) is 15.2. The van der Waals surface area contributed by atoms with Gasteiger partial charge in [0.1, 0.15) is 5.75 Å². The number of hydrogen-bond donors (Lipinski definition) is 2. The molecule has 2 saturated carbocycles. The van der Waals surface area contributed by atoms with Crippen LogP contribution >= 0.6 is 12.4 Å². The fourth-order valence-corrected chi connectivity index (χ4v) is 4.42. The van der Waals surface area contributed by atoms with Gasteiger partial charge in [0, 0.05) is 12.6 Å². The quantitative estimate of drug-likeness (QED) is 0.753. The summed E-state index contributed by atoms with van der Waals surface area (Å²) in [5.74, 6) is 1.81. The molecule has 0 bridgehead atoms. The van der Waals surface area contributed by atoms with Crippen LogP contribution in [0.1, 0.15) is 75.7 Å². The molecular weight excluding hydrogens is 306 g/mol. The summed E-state index contributed by atoms with van der Waals surface area (Å²) in [6.45, 7) is 1.11. The molecule has 1 unspecified atom stereocenters. The number of phenolic OH excluding ortho intramolecular Hbond substituents is 1. The van der Waals surface area contributed by atoms with Crippen molar-refractivity contribution in [1.29, 1.82) is 0 Å². The molecule has 1 aromatic carbocycles. The molecule has 1 atom stereocenters. The number of hydrogen-bond acceptors (Lipinski definition) is 2. The molecule has 0 aliphatic heterocycles. The molecule has 0 amide bonds. The molecule has 0 aromatic heterocycles. The minimum Gasteiger partial charge on any atom is -0.508 e. The smallest absolute Gasteiger partial charge is 0.115 e. The minimum atomic E-state index is 0. The fourth-order valence-electron chi connectivity index (χ4n) is 4.42.